The highest BCUT2D eigenvalue weighted by atomic mass is 16.7. The van der Waals surface area contributed by atoms with Crippen molar-refractivity contribution in [2.24, 2.45) is 0 Å². The second kappa shape index (κ2) is 2.80. The lowest BCUT2D eigenvalue weighted by atomic mass is 10.1. The highest BCUT2D eigenvalue weighted by Gasteiger charge is 2.34. The standard InChI is InChI=1S/C8H14N2O/c1-8(2,3)10-6-5-7(9-4)11-10/h7H,5-6H2,1-3H3/t7-/m0/s1. The van der Waals surface area contributed by atoms with Gasteiger partial charge in [-0.2, -0.15) is 5.06 Å². The van der Waals surface area contributed by atoms with Gasteiger partial charge < -0.3 is 0 Å². The lowest BCUT2D eigenvalue weighted by Gasteiger charge is -2.28. The van der Waals surface area contributed by atoms with Crippen LogP contribution in [-0.4, -0.2) is 23.4 Å². The van der Waals surface area contributed by atoms with Crippen molar-refractivity contribution in [1.29, 1.82) is 0 Å². The topological polar surface area (TPSA) is 16.8 Å². The first-order valence-corrected chi connectivity index (χ1v) is 3.85. The van der Waals surface area contributed by atoms with Crippen molar-refractivity contribution in [3.8, 4) is 0 Å². The van der Waals surface area contributed by atoms with Crippen LogP contribution in [0.1, 0.15) is 27.2 Å². The summed E-state index contributed by atoms with van der Waals surface area (Å²) in [4.78, 5) is 8.69. The summed E-state index contributed by atoms with van der Waals surface area (Å²) in [5, 5.41) is 1.88. The van der Waals surface area contributed by atoms with Gasteiger partial charge in [0, 0.05) is 12.1 Å². The molecule has 1 aliphatic rings. The summed E-state index contributed by atoms with van der Waals surface area (Å²) < 4.78 is 0. The molecule has 0 saturated carbocycles. The van der Waals surface area contributed by atoms with Crippen molar-refractivity contribution in [3.63, 3.8) is 0 Å². The molecule has 1 fully saturated rings. The third-order valence-electron chi connectivity index (χ3n) is 1.72. The zero-order valence-corrected chi connectivity index (χ0v) is 7.29. The SMILES string of the molecule is [C-]#[N+][C@@H]1CCN(C(C)(C)C)O1. The quantitative estimate of drug-likeness (QED) is 0.493. The molecule has 1 aliphatic heterocycles. The van der Waals surface area contributed by atoms with E-state index in [1.165, 1.54) is 0 Å². The van der Waals surface area contributed by atoms with Crippen molar-refractivity contribution < 1.29 is 4.84 Å². The molecule has 1 rings (SSSR count). The largest absolute Gasteiger partial charge is 0.344 e. The Hall–Kier alpha value is -0.590. The van der Waals surface area contributed by atoms with Crippen LogP contribution in [0.4, 0.5) is 0 Å². The Morgan fingerprint density at radius 2 is 2.18 bits per heavy atom. The van der Waals surface area contributed by atoms with Gasteiger partial charge in [0.25, 0.3) is 0 Å². The molecule has 0 spiro atoms. The highest BCUT2D eigenvalue weighted by Crippen LogP contribution is 2.23. The summed E-state index contributed by atoms with van der Waals surface area (Å²) >= 11 is 0. The van der Waals surface area contributed by atoms with Gasteiger partial charge >= 0.3 is 6.23 Å². The Kier molecular flexibility index (Phi) is 2.17. The van der Waals surface area contributed by atoms with E-state index in [1.54, 1.807) is 0 Å². The van der Waals surface area contributed by atoms with Crippen molar-refractivity contribution in [2.75, 3.05) is 6.54 Å². The molecule has 1 atom stereocenters. The van der Waals surface area contributed by atoms with E-state index >= 15 is 0 Å². The van der Waals surface area contributed by atoms with Gasteiger partial charge in [-0.25, -0.2) is 11.4 Å². The molecular formula is C8H14N2O. The number of nitrogens with zero attached hydrogens (tertiary/aromatic N) is 2. The average molecular weight is 154 g/mol. The van der Waals surface area contributed by atoms with Gasteiger partial charge in [-0.05, 0) is 20.8 Å². The Balaban J connectivity index is 2.50. The first kappa shape index (κ1) is 8.51. The van der Waals surface area contributed by atoms with Gasteiger partial charge in [0.1, 0.15) is 0 Å². The van der Waals surface area contributed by atoms with Gasteiger partial charge in [-0.1, -0.05) is 0 Å². The van der Waals surface area contributed by atoms with E-state index in [-0.39, 0.29) is 11.8 Å². The zero-order chi connectivity index (χ0) is 8.48. The summed E-state index contributed by atoms with van der Waals surface area (Å²) in [6, 6.07) is 0. The minimum atomic E-state index is -0.241. The molecule has 11 heavy (non-hydrogen) atoms. The van der Waals surface area contributed by atoms with E-state index < -0.39 is 0 Å². The number of hydroxylamine groups is 2. The van der Waals surface area contributed by atoms with Crippen LogP contribution in [0.2, 0.25) is 0 Å². The molecule has 0 unspecified atom stereocenters. The van der Waals surface area contributed by atoms with Gasteiger partial charge in [-0.15, -0.1) is 0 Å². The third kappa shape index (κ3) is 1.92. The summed E-state index contributed by atoms with van der Waals surface area (Å²) in [6.07, 6.45) is 0.593. The fraction of sp³-hybridized carbons (Fsp3) is 0.875. The zero-order valence-electron chi connectivity index (χ0n) is 7.29. The van der Waals surface area contributed by atoms with Gasteiger partial charge in [-0.3, -0.25) is 4.85 Å². The first-order chi connectivity index (χ1) is 5.04. The van der Waals surface area contributed by atoms with E-state index in [0.29, 0.717) is 0 Å². The molecule has 0 amide bonds. The second-order valence-corrected chi connectivity index (χ2v) is 3.75. The van der Waals surface area contributed by atoms with E-state index in [4.69, 9.17) is 11.4 Å². The molecule has 1 saturated heterocycles. The predicted octanol–water partition coefficient (Wildman–Crippen LogP) is 1.67. The van der Waals surface area contributed by atoms with Gasteiger partial charge in [0.2, 0.25) is 0 Å². The van der Waals surface area contributed by atoms with Crippen molar-refractivity contribution >= 4 is 0 Å². The maximum Gasteiger partial charge on any atom is 0.344 e. The molecular weight excluding hydrogens is 140 g/mol. The van der Waals surface area contributed by atoms with Crippen molar-refractivity contribution in [1.82, 2.24) is 5.06 Å². The smallest absolute Gasteiger partial charge is 0.281 e. The lowest BCUT2D eigenvalue weighted by molar-refractivity contribution is -0.184. The second-order valence-electron chi connectivity index (χ2n) is 3.75. The highest BCUT2D eigenvalue weighted by molar-refractivity contribution is 4.80. The fourth-order valence-electron chi connectivity index (χ4n) is 1.06. The Morgan fingerprint density at radius 1 is 1.55 bits per heavy atom. The maximum absolute atomic E-state index is 6.77. The Labute approximate surface area is 67.7 Å². The average Bonchev–Trinajstić information content (AvgIpc) is 2.32. The predicted molar refractivity (Wildman–Crippen MR) is 42.6 cm³/mol. The van der Waals surface area contributed by atoms with Crippen LogP contribution in [0, 0.1) is 6.57 Å². The Bertz CT molecular complexity index is 178. The molecule has 0 aliphatic carbocycles. The van der Waals surface area contributed by atoms with Crippen LogP contribution < -0.4 is 0 Å². The van der Waals surface area contributed by atoms with Crippen molar-refractivity contribution in [3.05, 3.63) is 11.4 Å². The minimum absolute atomic E-state index is 0.0272. The molecule has 0 radical (unpaired) electrons. The van der Waals surface area contributed by atoms with E-state index in [0.717, 1.165) is 13.0 Å². The molecule has 0 aromatic carbocycles. The van der Waals surface area contributed by atoms with Crippen LogP contribution in [0.3, 0.4) is 0 Å². The molecule has 0 N–H and O–H groups in total. The summed E-state index contributed by atoms with van der Waals surface area (Å²) in [5.41, 5.74) is 0.0272. The number of hydrogen-bond donors (Lipinski definition) is 0. The van der Waals surface area contributed by atoms with Crippen LogP contribution in [0.15, 0.2) is 0 Å². The van der Waals surface area contributed by atoms with E-state index in [1.807, 2.05) is 5.06 Å². The van der Waals surface area contributed by atoms with Crippen LogP contribution in [0.5, 0.6) is 0 Å². The normalized spacial score (nSPS) is 26.9. The fourth-order valence-corrected chi connectivity index (χ4v) is 1.06. The molecule has 3 nitrogen and oxygen atoms in total. The third-order valence-corrected chi connectivity index (χ3v) is 1.72. The summed E-state index contributed by atoms with van der Waals surface area (Å²) in [7, 11) is 0. The van der Waals surface area contributed by atoms with Crippen LogP contribution in [0.25, 0.3) is 4.85 Å². The molecule has 3 heteroatoms. The lowest BCUT2D eigenvalue weighted by Crippen LogP contribution is -2.38. The monoisotopic (exact) mass is 154 g/mol. The van der Waals surface area contributed by atoms with E-state index in [9.17, 15) is 0 Å². The van der Waals surface area contributed by atoms with Crippen molar-refractivity contribution in [2.45, 2.75) is 39.0 Å². The molecule has 0 aromatic heterocycles. The molecule has 0 aromatic rings. The minimum Gasteiger partial charge on any atom is -0.281 e. The summed E-state index contributed by atoms with van der Waals surface area (Å²) in [5.74, 6) is 0. The number of rotatable bonds is 0. The maximum atomic E-state index is 6.77. The molecule has 1 heterocycles. The van der Waals surface area contributed by atoms with Gasteiger partial charge in [0.15, 0.2) is 0 Å². The van der Waals surface area contributed by atoms with Crippen LogP contribution in [-0.2, 0) is 4.84 Å². The van der Waals surface area contributed by atoms with E-state index in [2.05, 4.69) is 25.6 Å². The molecule has 62 valence electrons. The number of hydrogen-bond acceptors (Lipinski definition) is 2. The molecule has 0 bridgehead atoms. The first-order valence-electron chi connectivity index (χ1n) is 3.85. The van der Waals surface area contributed by atoms with Gasteiger partial charge in [0.05, 0.1) is 6.42 Å². The summed E-state index contributed by atoms with van der Waals surface area (Å²) in [6.45, 7) is 13.9. The van der Waals surface area contributed by atoms with Crippen LogP contribution >= 0.6 is 0 Å². The Morgan fingerprint density at radius 3 is 2.45 bits per heavy atom.